The van der Waals surface area contributed by atoms with Gasteiger partial charge in [0.1, 0.15) is 11.3 Å². The first kappa shape index (κ1) is 16.9. The topological polar surface area (TPSA) is 76.1 Å². The van der Waals surface area contributed by atoms with E-state index in [2.05, 4.69) is 0 Å². The predicted molar refractivity (Wildman–Crippen MR) is 85.6 cm³/mol. The maximum absolute atomic E-state index is 12.5. The van der Waals surface area contributed by atoms with Crippen LogP contribution < -0.4 is 9.47 Å². The number of aliphatic hydroxyl groups excluding tert-OH is 1. The van der Waals surface area contributed by atoms with Gasteiger partial charge in [0.15, 0.2) is 17.3 Å². The second-order valence-corrected chi connectivity index (χ2v) is 6.28. The summed E-state index contributed by atoms with van der Waals surface area (Å²) >= 11 is 0. The van der Waals surface area contributed by atoms with Crippen LogP contribution in [-0.4, -0.2) is 48.0 Å². The van der Waals surface area contributed by atoms with Crippen LogP contribution in [0.25, 0.3) is 5.76 Å². The Labute approximate surface area is 135 Å². The van der Waals surface area contributed by atoms with Crippen LogP contribution in [0, 0.1) is 0 Å². The van der Waals surface area contributed by atoms with Gasteiger partial charge in [0.25, 0.3) is 5.91 Å². The van der Waals surface area contributed by atoms with Gasteiger partial charge >= 0.3 is 0 Å². The molecule has 0 aliphatic carbocycles. The van der Waals surface area contributed by atoms with Crippen molar-refractivity contribution in [2.75, 3.05) is 20.8 Å². The van der Waals surface area contributed by atoms with E-state index in [1.165, 1.54) is 25.2 Å². The van der Waals surface area contributed by atoms with Crippen molar-refractivity contribution in [3.63, 3.8) is 0 Å². The summed E-state index contributed by atoms with van der Waals surface area (Å²) in [7, 11) is 2.97. The molecule has 1 aliphatic heterocycles. The monoisotopic (exact) mass is 319 g/mol. The molecular formula is C17H21NO5. The van der Waals surface area contributed by atoms with Gasteiger partial charge in [0.05, 0.1) is 20.8 Å². The maximum atomic E-state index is 12.5. The van der Waals surface area contributed by atoms with Crippen LogP contribution >= 0.6 is 0 Å². The van der Waals surface area contributed by atoms with Gasteiger partial charge in [0.2, 0.25) is 0 Å². The molecule has 1 heterocycles. The van der Waals surface area contributed by atoms with E-state index in [1.807, 2.05) is 20.8 Å². The molecule has 0 bridgehead atoms. The number of carbonyl (C=O) groups is 2. The first-order valence-corrected chi connectivity index (χ1v) is 7.21. The minimum Gasteiger partial charge on any atom is -0.506 e. The highest BCUT2D eigenvalue weighted by molar-refractivity contribution is 6.28. The van der Waals surface area contributed by atoms with Crippen molar-refractivity contribution in [2.24, 2.45) is 0 Å². The minimum absolute atomic E-state index is 0.0327. The number of aliphatic hydroxyl groups is 1. The number of hydrogen-bond donors (Lipinski definition) is 1. The third-order valence-corrected chi connectivity index (χ3v) is 3.74. The second-order valence-electron chi connectivity index (χ2n) is 6.28. The smallest absolute Gasteiger partial charge is 0.262 e. The third-order valence-electron chi connectivity index (χ3n) is 3.74. The third kappa shape index (κ3) is 3.02. The van der Waals surface area contributed by atoms with Crippen molar-refractivity contribution in [3.8, 4) is 11.5 Å². The highest BCUT2D eigenvalue weighted by Crippen LogP contribution is 2.33. The first-order valence-electron chi connectivity index (χ1n) is 7.21. The van der Waals surface area contributed by atoms with Crippen molar-refractivity contribution in [1.29, 1.82) is 0 Å². The van der Waals surface area contributed by atoms with Crippen LogP contribution in [0.2, 0.25) is 0 Å². The quantitative estimate of drug-likeness (QED) is 0.525. The number of ether oxygens (including phenoxy) is 2. The van der Waals surface area contributed by atoms with Crippen LogP contribution in [0.4, 0.5) is 0 Å². The SMILES string of the molecule is COc1ccc(/C(O)=C2/C(=O)CN(C(C)(C)C)C2=O)cc1OC. The number of hydrogen-bond acceptors (Lipinski definition) is 5. The minimum atomic E-state index is -0.494. The lowest BCUT2D eigenvalue weighted by molar-refractivity contribution is -0.129. The molecule has 1 fully saturated rings. The molecule has 1 N–H and O–H groups in total. The Morgan fingerprint density at radius 1 is 1.13 bits per heavy atom. The van der Waals surface area contributed by atoms with Gasteiger partial charge in [-0.2, -0.15) is 0 Å². The van der Waals surface area contributed by atoms with Gasteiger partial charge in [0, 0.05) is 11.1 Å². The largest absolute Gasteiger partial charge is 0.506 e. The standard InChI is InChI=1S/C17H21NO5/c1-17(2,3)18-9-11(19)14(16(18)21)15(20)10-6-7-12(22-4)13(8-10)23-5/h6-8,20H,9H2,1-5H3/b15-14+. The average Bonchev–Trinajstić information content (AvgIpc) is 2.80. The fourth-order valence-electron chi connectivity index (χ4n) is 2.45. The van der Waals surface area contributed by atoms with Crippen LogP contribution in [0.5, 0.6) is 11.5 Å². The van der Waals surface area contributed by atoms with Crippen LogP contribution in [0.15, 0.2) is 23.8 Å². The van der Waals surface area contributed by atoms with Gasteiger partial charge < -0.3 is 19.5 Å². The summed E-state index contributed by atoms with van der Waals surface area (Å²) in [6, 6.07) is 4.71. The summed E-state index contributed by atoms with van der Waals surface area (Å²) in [5, 5.41) is 10.4. The van der Waals surface area contributed by atoms with E-state index < -0.39 is 17.2 Å². The van der Waals surface area contributed by atoms with Crippen LogP contribution in [0.3, 0.4) is 0 Å². The molecule has 1 amide bonds. The Kier molecular flexibility index (Phi) is 4.36. The second kappa shape index (κ2) is 5.95. The number of methoxy groups -OCH3 is 2. The fraction of sp³-hybridized carbons (Fsp3) is 0.412. The number of likely N-dealkylation sites (tertiary alicyclic amines) is 1. The number of carbonyl (C=O) groups excluding carboxylic acids is 2. The van der Waals surface area contributed by atoms with Crippen molar-refractivity contribution in [3.05, 3.63) is 29.3 Å². The van der Waals surface area contributed by atoms with Crippen molar-refractivity contribution >= 4 is 17.4 Å². The number of rotatable bonds is 3. The highest BCUT2D eigenvalue weighted by Gasteiger charge is 2.41. The lowest BCUT2D eigenvalue weighted by Gasteiger charge is -2.30. The van der Waals surface area contributed by atoms with Gasteiger partial charge in [-0.25, -0.2) is 0 Å². The van der Waals surface area contributed by atoms with E-state index in [9.17, 15) is 14.7 Å². The van der Waals surface area contributed by atoms with Gasteiger partial charge in [-0.05, 0) is 39.0 Å². The average molecular weight is 319 g/mol. The number of Topliss-reactive ketones (excluding diaryl/α,β-unsaturated/α-hetero) is 1. The summed E-state index contributed by atoms with van der Waals surface area (Å²) in [5.74, 6) is -0.295. The molecule has 23 heavy (non-hydrogen) atoms. The maximum Gasteiger partial charge on any atom is 0.262 e. The van der Waals surface area contributed by atoms with E-state index >= 15 is 0 Å². The first-order chi connectivity index (χ1) is 10.7. The summed E-state index contributed by atoms with van der Waals surface area (Å²) < 4.78 is 10.3. The number of nitrogens with zero attached hydrogens (tertiary/aromatic N) is 1. The van der Waals surface area contributed by atoms with E-state index in [1.54, 1.807) is 12.1 Å². The number of ketones is 1. The van der Waals surface area contributed by atoms with E-state index in [4.69, 9.17) is 9.47 Å². The lowest BCUT2D eigenvalue weighted by Crippen LogP contribution is -2.42. The molecule has 6 heteroatoms. The predicted octanol–water partition coefficient (Wildman–Crippen LogP) is 2.18. The van der Waals surface area contributed by atoms with E-state index in [-0.39, 0.29) is 17.9 Å². The zero-order valence-corrected chi connectivity index (χ0v) is 14.0. The lowest BCUT2D eigenvalue weighted by atomic mass is 10.0. The van der Waals surface area contributed by atoms with Gasteiger partial charge in [-0.15, -0.1) is 0 Å². The summed E-state index contributed by atoms with van der Waals surface area (Å²) in [4.78, 5) is 26.1. The number of amides is 1. The molecule has 124 valence electrons. The van der Waals surface area contributed by atoms with Gasteiger partial charge in [-0.1, -0.05) is 0 Å². The molecule has 6 nitrogen and oxygen atoms in total. The Morgan fingerprint density at radius 2 is 1.74 bits per heavy atom. The molecule has 2 rings (SSSR count). The van der Waals surface area contributed by atoms with Crippen molar-refractivity contribution in [1.82, 2.24) is 4.90 Å². The highest BCUT2D eigenvalue weighted by atomic mass is 16.5. The van der Waals surface area contributed by atoms with Crippen LogP contribution in [0.1, 0.15) is 26.3 Å². The summed E-state index contributed by atoms with van der Waals surface area (Å²) in [6.07, 6.45) is 0. The molecule has 0 saturated carbocycles. The molecule has 0 spiro atoms. The summed E-state index contributed by atoms with van der Waals surface area (Å²) in [5.41, 5.74) is -0.353. The Morgan fingerprint density at radius 3 is 2.22 bits per heavy atom. The van der Waals surface area contributed by atoms with Crippen LogP contribution in [-0.2, 0) is 9.59 Å². The molecule has 1 aliphatic rings. The molecule has 1 aromatic carbocycles. The molecule has 0 aromatic heterocycles. The normalized spacial score (nSPS) is 17.5. The van der Waals surface area contributed by atoms with Gasteiger partial charge in [-0.3, -0.25) is 9.59 Å². The molecule has 0 unspecified atom stereocenters. The number of benzene rings is 1. The zero-order chi connectivity index (χ0) is 17.4. The zero-order valence-electron chi connectivity index (χ0n) is 14.0. The van der Waals surface area contributed by atoms with E-state index in [0.29, 0.717) is 17.1 Å². The molecular weight excluding hydrogens is 298 g/mol. The van der Waals surface area contributed by atoms with E-state index in [0.717, 1.165) is 0 Å². The molecule has 1 saturated heterocycles. The molecule has 0 atom stereocenters. The van der Waals surface area contributed by atoms with Crippen molar-refractivity contribution < 1.29 is 24.2 Å². The molecule has 1 aromatic rings. The Balaban J connectivity index is 2.49. The fourth-order valence-corrected chi connectivity index (χ4v) is 2.45. The Hall–Kier alpha value is -2.50. The molecule has 0 radical (unpaired) electrons. The summed E-state index contributed by atoms with van der Waals surface area (Å²) in [6.45, 7) is 5.49. The Bertz CT molecular complexity index is 685. The van der Waals surface area contributed by atoms with Crippen molar-refractivity contribution in [2.45, 2.75) is 26.3 Å².